The van der Waals surface area contributed by atoms with Crippen molar-refractivity contribution in [1.29, 1.82) is 0 Å². The summed E-state index contributed by atoms with van der Waals surface area (Å²) in [7, 11) is 0. The molecule has 21 heavy (non-hydrogen) atoms. The molecular weight excluding hydrogens is 387 g/mol. The second-order valence-electron chi connectivity index (χ2n) is 3.75. The van der Waals surface area contributed by atoms with Crippen molar-refractivity contribution in [2.45, 2.75) is 13.3 Å². The topological polar surface area (TPSA) is 46.2 Å². The normalized spacial score (nSPS) is 9.62. The van der Waals surface area contributed by atoms with E-state index in [1.54, 1.807) is 0 Å². The van der Waals surface area contributed by atoms with Gasteiger partial charge in [-0.1, -0.05) is 18.8 Å². The lowest BCUT2D eigenvalue weighted by Gasteiger charge is -2.04. The monoisotopic (exact) mass is 410 g/mol. The van der Waals surface area contributed by atoms with Gasteiger partial charge in [-0.2, -0.15) is 0 Å². The lowest BCUT2D eigenvalue weighted by Crippen LogP contribution is -2.09. The molecule has 0 radical (unpaired) electrons. The molecule has 0 aliphatic rings. The van der Waals surface area contributed by atoms with Crippen molar-refractivity contribution in [2.75, 3.05) is 59.5 Å². The van der Waals surface area contributed by atoms with Gasteiger partial charge in [0.15, 0.2) is 0 Å². The summed E-state index contributed by atoms with van der Waals surface area (Å²) in [6.45, 7) is 6.99. The lowest BCUT2D eigenvalue weighted by molar-refractivity contribution is 0.0204. The SMILES string of the molecule is CCCOCCOCCOCC#CC#CCOCCOI. The van der Waals surface area contributed by atoms with Crippen LogP contribution in [0.4, 0.5) is 0 Å². The minimum Gasteiger partial charge on any atom is -0.379 e. The Bertz CT molecular complexity index is 326. The maximum Gasteiger partial charge on any atom is 0.109 e. The van der Waals surface area contributed by atoms with Gasteiger partial charge in [0, 0.05) is 6.61 Å². The lowest BCUT2D eigenvalue weighted by atomic mass is 10.5. The van der Waals surface area contributed by atoms with Crippen molar-refractivity contribution in [3.05, 3.63) is 0 Å². The molecule has 0 saturated carbocycles. The molecule has 0 spiro atoms. The third kappa shape index (κ3) is 19.6. The van der Waals surface area contributed by atoms with Crippen LogP contribution in [0.15, 0.2) is 0 Å². The number of hydrogen-bond donors (Lipinski definition) is 0. The number of halogens is 1. The Hall–Kier alpha value is -0.350. The zero-order chi connectivity index (χ0) is 15.4. The van der Waals surface area contributed by atoms with Crippen LogP contribution in [0, 0.1) is 23.7 Å². The molecule has 0 atom stereocenters. The second-order valence-corrected chi connectivity index (χ2v) is 4.37. The van der Waals surface area contributed by atoms with Gasteiger partial charge in [0.25, 0.3) is 0 Å². The Morgan fingerprint density at radius 3 is 1.67 bits per heavy atom. The highest BCUT2D eigenvalue weighted by Gasteiger charge is 1.89. The van der Waals surface area contributed by atoms with Crippen LogP contribution < -0.4 is 0 Å². The van der Waals surface area contributed by atoms with Crippen LogP contribution in [0.5, 0.6) is 0 Å². The van der Waals surface area contributed by atoms with Crippen molar-refractivity contribution >= 4 is 23.0 Å². The average molecular weight is 410 g/mol. The molecule has 6 heteroatoms. The summed E-state index contributed by atoms with van der Waals surface area (Å²) in [4.78, 5) is 0. The predicted octanol–water partition coefficient (Wildman–Crippen LogP) is 1.84. The van der Waals surface area contributed by atoms with Gasteiger partial charge < -0.3 is 22.0 Å². The van der Waals surface area contributed by atoms with Gasteiger partial charge >= 0.3 is 0 Å². The molecular formula is C15H23IO5. The minimum atomic E-state index is 0.355. The van der Waals surface area contributed by atoms with E-state index in [0.29, 0.717) is 52.9 Å². The Balaban J connectivity index is 3.21. The highest BCUT2D eigenvalue weighted by atomic mass is 127. The molecule has 0 amide bonds. The van der Waals surface area contributed by atoms with Crippen molar-refractivity contribution in [1.82, 2.24) is 0 Å². The smallest absolute Gasteiger partial charge is 0.109 e. The highest BCUT2D eigenvalue weighted by Crippen LogP contribution is 1.84. The van der Waals surface area contributed by atoms with Gasteiger partial charge in [-0.05, 0) is 18.3 Å². The minimum absolute atomic E-state index is 0.355. The van der Waals surface area contributed by atoms with Crippen LogP contribution in [0.3, 0.4) is 0 Å². The summed E-state index contributed by atoms with van der Waals surface area (Å²) >= 11 is 1.82. The predicted molar refractivity (Wildman–Crippen MR) is 89.1 cm³/mol. The Morgan fingerprint density at radius 2 is 1.14 bits per heavy atom. The largest absolute Gasteiger partial charge is 0.379 e. The van der Waals surface area contributed by atoms with Crippen LogP contribution in [0.25, 0.3) is 0 Å². The average Bonchev–Trinajstić information content (AvgIpc) is 2.50. The Kier molecular flexibility index (Phi) is 19.3. The summed E-state index contributed by atoms with van der Waals surface area (Å²) < 4.78 is 25.8. The zero-order valence-electron chi connectivity index (χ0n) is 12.5. The second kappa shape index (κ2) is 19.7. The number of ether oxygens (including phenoxy) is 4. The first kappa shape index (κ1) is 20.6. The van der Waals surface area contributed by atoms with E-state index in [9.17, 15) is 0 Å². The summed E-state index contributed by atoms with van der Waals surface area (Å²) in [6, 6.07) is 0. The molecule has 0 aliphatic carbocycles. The van der Waals surface area contributed by atoms with Crippen molar-refractivity contribution < 1.29 is 22.0 Å². The summed E-state index contributed by atoms with van der Waals surface area (Å²) in [6.07, 6.45) is 1.03. The third-order valence-electron chi connectivity index (χ3n) is 1.99. The van der Waals surface area contributed by atoms with Gasteiger partial charge in [0.2, 0.25) is 0 Å². The summed E-state index contributed by atoms with van der Waals surface area (Å²) in [5.74, 6) is 11.0. The maximum absolute atomic E-state index is 5.32. The van der Waals surface area contributed by atoms with Gasteiger partial charge in [0.05, 0.1) is 39.6 Å². The first-order chi connectivity index (χ1) is 10.4. The molecule has 120 valence electrons. The zero-order valence-corrected chi connectivity index (χ0v) is 14.6. The molecule has 0 saturated heterocycles. The first-order valence-electron chi connectivity index (χ1n) is 6.92. The fourth-order valence-electron chi connectivity index (χ4n) is 1.08. The molecule has 0 bridgehead atoms. The number of hydrogen-bond acceptors (Lipinski definition) is 5. The first-order valence-corrected chi connectivity index (χ1v) is 7.80. The van der Waals surface area contributed by atoms with Crippen molar-refractivity contribution in [2.24, 2.45) is 0 Å². The molecule has 0 fully saturated rings. The van der Waals surface area contributed by atoms with E-state index in [-0.39, 0.29) is 0 Å². The quantitative estimate of drug-likeness (QED) is 0.264. The standard InChI is InChI=1S/C15H23IO5/c1-2-7-17-10-12-20-13-11-18-8-5-3-4-6-9-19-14-15-21-16/h2,7-15H2,1H3. The van der Waals surface area contributed by atoms with Crippen LogP contribution in [-0.4, -0.2) is 59.5 Å². The van der Waals surface area contributed by atoms with E-state index >= 15 is 0 Å². The van der Waals surface area contributed by atoms with Gasteiger partial charge in [-0.25, -0.2) is 0 Å². The van der Waals surface area contributed by atoms with Crippen LogP contribution in [-0.2, 0) is 22.0 Å². The molecule has 0 aliphatic heterocycles. The molecule has 5 nitrogen and oxygen atoms in total. The molecule has 0 aromatic carbocycles. The molecule has 0 aromatic heterocycles. The molecule has 0 rings (SSSR count). The third-order valence-corrected chi connectivity index (χ3v) is 2.43. The molecule has 0 N–H and O–H groups in total. The number of rotatable bonds is 13. The van der Waals surface area contributed by atoms with Crippen molar-refractivity contribution in [3.8, 4) is 23.7 Å². The fourth-order valence-corrected chi connectivity index (χ4v) is 1.26. The van der Waals surface area contributed by atoms with Gasteiger partial charge in [0.1, 0.15) is 36.2 Å². The van der Waals surface area contributed by atoms with Crippen LogP contribution in [0.2, 0.25) is 0 Å². The molecule has 0 unspecified atom stereocenters. The van der Waals surface area contributed by atoms with E-state index in [2.05, 4.69) is 30.6 Å². The van der Waals surface area contributed by atoms with E-state index in [0.717, 1.165) is 13.0 Å². The summed E-state index contributed by atoms with van der Waals surface area (Å²) in [5, 5.41) is 0. The van der Waals surface area contributed by atoms with Gasteiger partial charge in [-0.15, -0.1) is 0 Å². The van der Waals surface area contributed by atoms with Crippen LogP contribution in [0.1, 0.15) is 13.3 Å². The Labute approximate surface area is 141 Å². The molecule has 0 heterocycles. The van der Waals surface area contributed by atoms with Gasteiger partial charge in [-0.3, -0.25) is 0 Å². The van der Waals surface area contributed by atoms with Crippen LogP contribution >= 0.6 is 23.0 Å². The van der Waals surface area contributed by atoms with E-state index < -0.39 is 0 Å². The van der Waals surface area contributed by atoms with E-state index in [1.165, 1.54) is 0 Å². The Morgan fingerprint density at radius 1 is 0.667 bits per heavy atom. The fraction of sp³-hybridized carbons (Fsp3) is 0.733. The van der Waals surface area contributed by atoms with E-state index in [4.69, 9.17) is 22.0 Å². The van der Waals surface area contributed by atoms with Crippen molar-refractivity contribution in [3.63, 3.8) is 0 Å². The maximum atomic E-state index is 5.32. The summed E-state index contributed by atoms with van der Waals surface area (Å²) in [5.41, 5.74) is 0. The van der Waals surface area contributed by atoms with E-state index in [1.807, 2.05) is 23.0 Å². The molecule has 0 aromatic rings. The highest BCUT2D eigenvalue weighted by molar-refractivity contribution is 14.1.